The van der Waals surface area contributed by atoms with Crippen LogP contribution < -0.4 is 4.57 Å². The Morgan fingerprint density at radius 1 is 0.625 bits per heavy atom. The molecule has 7 rings (SSSR count). The highest BCUT2D eigenvalue weighted by molar-refractivity contribution is 7.21. The van der Waals surface area contributed by atoms with Crippen LogP contribution in [0.4, 0.5) is 0 Å². The lowest BCUT2D eigenvalue weighted by Crippen LogP contribution is -2.30. The van der Waals surface area contributed by atoms with Gasteiger partial charge in [0.15, 0.2) is 11.0 Å². The van der Waals surface area contributed by atoms with E-state index in [0.29, 0.717) is 0 Å². The maximum atomic E-state index is 5.33. The summed E-state index contributed by atoms with van der Waals surface area (Å²) in [7, 11) is 2.17. The van der Waals surface area contributed by atoms with Crippen molar-refractivity contribution >= 4 is 32.6 Å². The van der Waals surface area contributed by atoms with Crippen LogP contribution in [0, 0.1) is 20.8 Å². The van der Waals surface area contributed by atoms with E-state index in [0.717, 1.165) is 22.0 Å². The van der Waals surface area contributed by atoms with E-state index in [2.05, 4.69) is 146 Å². The van der Waals surface area contributed by atoms with Gasteiger partial charge in [-0.05, 0) is 78.9 Å². The number of para-hydroxylation sites is 2. The first-order valence-corrected chi connectivity index (χ1v) is 14.5. The Labute approximate surface area is 238 Å². The van der Waals surface area contributed by atoms with Gasteiger partial charge in [-0.15, -0.1) is 11.3 Å². The third kappa shape index (κ3) is 3.87. The highest BCUT2D eigenvalue weighted by Crippen LogP contribution is 2.40. The molecule has 0 amide bonds. The van der Waals surface area contributed by atoms with Crippen LogP contribution in [0.25, 0.3) is 60.0 Å². The molecular weight excluding hydrogens is 506 g/mol. The summed E-state index contributed by atoms with van der Waals surface area (Å²) in [6.45, 7) is 6.56. The van der Waals surface area contributed by atoms with E-state index in [1.807, 2.05) is 0 Å². The zero-order valence-electron chi connectivity index (χ0n) is 23.1. The lowest BCUT2D eigenvalue weighted by Gasteiger charge is -2.08. The van der Waals surface area contributed by atoms with Gasteiger partial charge in [0.25, 0.3) is 5.82 Å². The van der Waals surface area contributed by atoms with Crippen molar-refractivity contribution in [3.8, 4) is 38.8 Å². The summed E-state index contributed by atoms with van der Waals surface area (Å²) in [5, 5.41) is 1.08. The molecule has 0 atom stereocenters. The molecule has 194 valence electrons. The van der Waals surface area contributed by atoms with E-state index in [9.17, 15) is 0 Å². The molecule has 3 nitrogen and oxygen atoms in total. The van der Waals surface area contributed by atoms with Gasteiger partial charge in [-0.25, -0.2) is 9.55 Å². The molecule has 0 aliphatic carbocycles. The predicted octanol–water partition coefficient (Wildman–Crippen LogP) is 8.99. The molecule has 4 heteroatoms. The van der Waals surface area contributed by atoms with E-state index in [1.54, 1.807) is 11.3 Å². The van der Waals surface area contributed by atoms with Gasteiger partial charge in [0.1, 0.15) is 10.7 Å². The zero-order chi connectivity index (χ0) is 27.4. The molecule has 0 bridgehead atoms. The number of imidazole rings is 1. The van der Waals surface area contributed by atoms with Gasteiger partial charge in [-0.3, -0.25) is 0 Å². The Hall–Kier alpha value is -4.54. The molecule has 2 aromatic heterocycles. The summed E-state index contributed by atoms with van der Waals surface area (Å²) in [5.41, 5.74) is 13.1. The van der Waals surface area contributed by atoms with Crippen LogP contribution in [0.15, 0.2) is 109 Å². The van der Waals surface area contributed by atoms with Crippen molar-refractivity contribution in [3.05, 3.63) is 126 Å². The minimum absolute atomic E-state index is 1.06. The number of benzene rings is 5. The van der Waals surface area contributed by atoms with Crippen molar-refractivity contribution in [1.29, 1.82) is 0 Å². The standard InChI is InChI=1S/C36H30N3S/c1-23-11-10-12-24(2)32(23)35-37-34-31(40-35)22-17-25(3)33(34)36-38(4)29-15-8-9-16-30(29)39(36)28-20-18-27(19-21-28)26-13-6-5-7-14-26/h5-22H,1-4H3/q+1. The molecule has 0 fully saturated rings. The lowest BCUT2D eigenvalue weighted by molar-refractivity contribution is -0.633. The molecule has 0 saturated carbocycles. The van der Waals surface area contributed by atoms with Gasteiger partial charge in [0.05, 0.1) is 22.8 Å². The molecule has 5 aromatic carbocycles. The number of rotatable bonds is 4. The third-order valence-corrected chi connectivity index (χ3v) is 8.97. The highest BCUT2D eigenvalue weighted by atomic mass is 32.1. The Balaban J connectivity index is 1.49. The van der Waals surface area contributed by atoms with Crippen LogP contribution in [0.1, 0.15) is 16.7 Å². The normalized spacial score (nSPS) is 11.5. The number of hydrogen-bond acceptors (Lipinski definition) is 2. The largest absolute Gasteiger partial charge is 0.297 e. The fraction of sp³-hybridized carbons (Fsp3) is 0.111. The molecule has 0 spiro atoms. The summed E-state index contributed by atoms with van der Waals surface area (Å²) < 4.78 is 5.92. The van der Waals surface area contributed by atoms with Gasteiger partial charge >= 0.3 is 0 Å². The maximum absolute atomic E-state index is 5.33. The van der Waals surface area contributed by atoms with Crippen LogP contribution >= 0.6 is 11.3 Å². The van der Waals surface area contributed by atoms with Gasteiger partial charge in [-0.2, -0.15) is 4.57 Å². The van der Waals surface area contributed by atoms with E-state index in [-0.39, 0.29) is 0 Å². The van der Waals surface area contributed by atoms with Gasteiger partial charge in [-0.1, -0.05) is 78.9 Å². The van der Waals surface area contributed by atoms with Gasteiger partial charge in [0, 0.05) is 5.56 Å². The second kappa shape index (κ2) is 9.58. The number of hydrogen-bond donors (Lipinski definition) is 0. The second-order valence-corrected chi connectivity index (χ2v) is 11.5. The first-order valence-electron chi connectivity index (χ1n) is 13.6. The van der Waals surface area contributed by atoms with E-state index >= 15 is 0 Å². The van der Waals surface area contributed by atoms with Crippen molar-refractivity contribution in [1.82, 2.24) is 9.55 Å². The Morgan fingerprint density at radius 2 is 1.27 bits per heavy atom. The molecule has 0 unspecified atom stereocenters. The number of thiazole rings is 1. The van der Waals surface area contributed by atoms with Crippen molar-refractivity contribution < 1.29 is 4.57 Å². The molecule has 0 radical (unpaired) electrons. The monoisotopic (exact) mass is 536 g/mol. The SMILES string of the molecule is Cc1cccc(C)c1-c1nc2c(-c3n(-c4ccc(-c5ccccc5)cc4)c4ccccc4[n+]3C)c(C)ccc2s1. The molecule has 0 aliphatic heterocycles. The van der Waals surface area contributed by atoms with Crippen molar-refractivity contribution in [3.63, 3.8) is 0 Å². The van der Waals surface area contributed by atoms with E-state index in [4.69, 9.17) is 4.98 Å². The molecule has 2 heterocycles. The molecule has 0 N–H and O–H groups in total. The Bertz CT molecular complexity index is 2010. The fourth-order valence-corrected chi connectivity index (χ4v) is 7.08. The van der Waals surface area contributed by atoms with Crippen molar-refractivity contribution in [2.75, 3.05) is 0 Å². The molecule has 7 aromatic rings. The first-order chi connectivity index (χ1) is 19.5. The summed E-state index contributed by atoms with van der Waals surface area (Å²) in [6, 6.07) is 39.1. The summed E-state index contributed by atoms with van der Waals surface area (Å²) in [6.07, 6.45) is 0. The van der Waals surface area contributed by atoms with Crippen LogP contribution in [0.2, 0.25) is 0 Å². The zero-order valence-corrected chi connectivity index (χ0v) is 24.0. The second-order valence-electron chi connectivity index (χ2n) is 10.5. The summed E-state index contributed by atoms with van der Waals surface area (Å²) >= 11 is 1.78. The summed E-state index contributed by atoms with van der Waals surface area (Å²) in [5.74, 6) is 1.13. The Kier molecular flexibility index (Phi) is 5.87. The quantitative estimate of drug-likeness (QED) is 0.206. The summed E-state index contributed by atoms with van der Waals surface area (Å²) in [4.78, 5) is 5.33. The van der Waals surface area contributed by atoms with E-state index < -0.39 is 0 Å². The van der Waals surface area contributed by atoms with E-state index in [1.165, 1.54) is 54.7 Å². The number of nitrogens with zero attached hydrogens (tertiary/aromatic N) is 3. The van der Waals surface area contributed by atoms with Crippen molar-refractivity contribution in [2.24, 2.45) is 7.05 Å². The predicted molar refractivity (Wildman–Crippen MR) is 168 cm³/mol. The average Bonchev–Trinajstić information content (AvgIpc) is 3.52. The Morgan fingerprint density at radius 3 is 2.02 bits per heavy atom. The first kappa shape index (κ1) is 24.5. The number of fused-ring (bicyclic) bond motifs is 2. The van der Waals surface area contributed by atoms with Crippen LogP contribution in [0.5, 0.6) is 0 Å². The minimum Gasteiger partial charge on any atom is -0.235 e. The molecule has 40 heavy (non-hydrogen) atoms. The number of aromatic nitrogens is 3. The minimum atomic E-state index is 1.06. The highest BCUT2D eigenvalue weighted by Gasteiger charge is 2.30. The topological polar surface area (TPSA) is 21.7 Å². The third-order valence-electron chi connectivity index (χ3n) is 7.93. The lowest BCUT2D eigenvalue weighted by atomic mass is 10.0. The average molecular weight is 537 g/mol. The maximum Gasteiger partial charge on any atom is 0.297 e. The smallest absolute Gasteiger partial charge is 0.235 e. The van der Waals surface area contributed by atoms with Crippen LogP contribution in [-0.4, -0.2) is 9.55 Å². The number of aryl methyl sites for hydroxylation is 4. The molecule has 0 aliphatic rings. The van der Waals surface area contributed by atoms with Crippen LogP contribution in [-0.2, 0) is 7.05 Å². The van der Waals surface area contributed by atoms with Crippen molar-refractivity contribution in [2.45, 2.75) is 20.8 Å². The fourth-order valence-electron chi connectivity index (χ4n) is 5.93. The van der Waals surface area contributed by atoms with Crippen LogP contribution in [0.3, 0.4) is 0 Å². The van der Waals surface area contributed by atoms with Gasteiger partial charge in [0.2, 0.25) is 0 Å². The molecular formula is C36H30N3S+. The molecule has 0 saturated heterocycles. The van der Waals surface area contributed by atoms with Gasteiger partial charge < -0.3 is 0 Å².